The number of rotatable bonds is 5. The van der Waals surface area contributed by atoms with E-state index in [0.717, 1.165) is 20.7 Å². The van der Waals surface area contributed by atoms with E-state index < -0.39 is 10.0 Å². The SMILES string of the molecule is CSc1ccc2nc(NC(=O)c3ccc(S(=O)(=O)N4CCc5ccccc5C4)cc3)sc2c1. The van der Waals surface area contributed by atoms with Gasteiger partial charge in [-0.3, -0.25) is 10.1 Å². The molecule has 0 bridgehead atoms. The Bertz CT molecular complexity index is 1450. The number of hydrogen-bond acceptors (Lipinski definition) is 6. The zero-order valence-corrected chi connectivity index (χ0v) is 20.3. The second-order valence-electron chi connectivity index (χ2n) is 7.69. The molecule has 1 aliphatic heterocycles. The Labute approximate surface area is 200 Å². The first-order valence-corrected chi connectivity index (χ1v) is 13.8. The zero-order valence-electron chi connectivity index (χ0n) is 17.8. The van der Waals surface area contributed by atoms with E-state index in [1.54, 1.807) is 23.9 Å². The van der Waals surface area contributed by atoms with Crippen LogP contribution in [0.2, 0.25) is 0 Å². The van der Waals surface area contributed by atoms with Crippen molar-refractivity contribution >= 4 is 54.4 Å². The second-order valence-corrected chi connectivity index (χ2v) is 11.5. The molecule has 1 aromatic heterocycles. The highest BCUT2D eigenvalue weighted by atomic mass is 32.2. The topological polar surface area (TPSA) is 79.4 Å². The van der Waals surface area contributed by atoms with E-state index in [9.17, 15) is 13.2 Å². The molecule has 0 atom stereocenters. The maximum Gasteiger partial charge on any atom is 0.257 e. The van der Waals surface area contributed by atoms with Gasteiger partial charge in [0.2, 0.25) is 10.0 Å². The van der Waals surface area contributed by atoms with Crippen molar-refractivity contribution in [2.24, 2.45) is 0 Å². The van der Waals surface area contributed by atoms with E-state index in [1.807, 2.05) is 48.7 Å². The third kappa shape index (κ3) is 4.41. The average Bonchev–Trinajstić information content (AvgIpc) is 3.25. The van der Waals surface area contributed by atoms with Gasteiger partial charge in [0, 0.05) is 23.5 Å². The van der Waals surface area contributed by atoms with Gasteiger partial charge in [-0.15, -0.1) is 11.8 Å². The van der Waals surface area contributed by atoms with Crippen molar-refractivity contribution in [1.29, 1.82) is 0 Å². The summed E-state index contributed by atoms with van der Waals surface area (Å²) >= 11 is 3.06. The van der Waals surface area contributed by atoms with Gasteiger partial charge in [-0.1, -0.05) is 35.6 Å². The van der Waals surface area contributed by atoms with E-state index in [4.69, 9.17) is 0 Å². The minimum atomic E-state index is -3.64. The van der Waals surface area contributed by atoms with E-state index in [1.165, 1.54) is 33.3 Å². The van der Waals surface area contributed by atoms with Crippen molar-refractivity contribution in [3.8, 4) is 0 Å². The number of amides is 1. The fourth-order valence-electron chi connectivity index (χ4n) is 3.86. The van der Waals surface area contributed by atoms with Gasteiger partial charge in [0.25, 0.3) is 5.91 Å². The number of benzene rings is 3. The number of aromatic nitrogens is 1. The summed E-state index contributed by atoms with van der Waals surface area (Å²) in [6, 6.07) is 20.0. The summed E-state index contributed by atoms with van der Waals surface area (Å²) < 4.78 is 28.8. The summed E-state index contributed by atoms with van der Waals surface area (Å²) in [7, 11) is -3.64. The predicted molar refractivity (Wildman–Crippen MR) is 134 cm³/mol. The lowest BCUT2D eigenvalue weighted by molar-refractivity contribution is 0.102. The van der Waals surface area contributed by atoms with Crippen LogP contribution in [0.25, 0.3) is 10.2 Å². The van der Waals surface area contributed by atoms with Gasteiger partial charge in [0.15, 0.2) is 5.13 Å². The Hall–Kier alpha value is -2.72. The van der Waals surface area contributed by atoms with E-state index in [0.29, 0.717) is 30.2 Å². The Balaban J connectivity index is 1.31. The molecule has 9 heteroatoms. The van der Waals surface area contributed by atoms with Gasteiger partial charge in [0.1, 0.15) is 0 Å². The summed E-state index contributed by atoms with van der Waals surface area (Å²) in [5, 5.41) is 3.33. The Morgan fingerprint density at radius 2 is 1.82 bits per heavy atom. The number of thiazole rings is 1. The summed E-state index contributed by atoms with van der Waals surface area (Å²) in [5.41, 5.74) is 3.43. The van der Waals surface area contributed by atoms with Crippen molar-refractivity contribution in [3.63, 3.8) is 0 Å². The molecule has 1 N–H and O–H groups in total. The van der Waals surface area contributed by atoms with Crippen LogP contribution in [0.1, 0.15) is 21.5 Å². The highest BCUT2D eigenvalue weighted by molar-refractivity contribution is 7.98. The van der Waals surface area contributed by atoms with Crippen LogP contribution in [0.15, 0.2) is 76.5 Å². The molecule has 0 saturated carbocycles. The molecule has 0 unspecified atom stereocenters. The van der Waals surface area contributed by atoms with Gasteiger partial charge in [0.05, 0.1) is 15.1 Å². The molecule has 3 aromatic carbocycles. The van der Waals surface area contributed by atoms with Crippen molar-refractivity contribution in [1.82, 2.24) is 9.29 Å². The standard InChI is InChI=1S/C24H21N3O3S3/c1-31-19-8-11-21-22(14-19)32-24(25-21)26-23(28)17-6-9-20(10-7-17)33(29,30)27-13-12-16-4-2-3-5-18(16)15-27/h2-11,14H,12-13,15H2,1H3,(H,25,26,28). The minimum Gasteiger partial charge on any atom is -0.298 e. The molecule has 5 rings (SSSR count). The number of nitrogens with one attached hydrogen (secondary N) is 1. The molecule has 2 heterocycles. The van der Waals surface area contributed by atoms with Gasteiger partial charge in [-0.25, -0.2) is 13.4 Å². The molecular formula is C24H21N3O3S3. The van der Waals surface area contributed by atoms with Crippen molar-refractivity contribution in [2.45, 2.75) is 22.8 Å². The number of thioether (sulfide) groups is 1. The number of sulfonamides is 1. The summed E-state index contributed by atoms with van der Waals surface area (Å²) in [4.78, 5) is 18.5. The molecule has 0 spiro atoms. The lowest BCUT2D eigenvalue weighted by Crippen LogP contribution is -2.35. The molecule has 1 amide bonds. The van der Waals surface area contributed by atoms with Crippen LogP contribution >= 0.6 is 23.1 Å². The van der Waals surface area contributed by atoms with Crippen molar-refractivity contribution < 1.29 is 13.2 Å². The number of hydrogen-bond donors (Lipinski definition) is 1. The van der Waals surface area contributed by atoms with Crippen molar-refractivity contribution in [2.75, 3.05) is 18.1 Å². The van der Waals surface area contributed by atoms with Gasteiger partial charge in [-0.05, 0) is 66.3 Å². The second kappa shape index (κ2) is 8.90. The van der Waals surface area contributed by atoms with Crippen LogP contribution in [0, 0.1) is 0 Å². The molecule has 0 radical (unpaired) electrons. The number of carbonyl (C=O) groups excluding carboxylic acids is 1. The summed E-state index contributed by atoms with van der Waals surface area (Å²) in [6.45, 7) is 0.800. The Morgan fingerprint density at radius 3 is 2.58 bits per heavy atom. The number of carbonyl (C=O) groups is 1. The third-order valence-corrected chi connectivity index (χ3v) is 9.18. The van der Waals surface area contributed by atoms with Crippen LogP contribution in [0.3, 0.4) is 0 Å². The fraction of sp³-hybridized carbons (Fsp3) is 0.167. The van der Waals surface area contributed by atoms with Crippen molar-refractivity contribution in [3.05, 3.63) is 83.4 Å². The maximum absolute atomic E-state index is 13.1. The molecule has 0 aliphatic carbocycles. The van der Waals surface area contributed by atoms with Gasteiger partial charge >= 0.3 is 0 Å². The summed E-state index contributed by atoms with van der Waals surface area (Å²) in [6.07, 6.45) is 2.70. The zero-order chi connectivity index (χ0) is 23.0. The first kappa shape index (κ1) is 22.1. The van der Waals surface area contributed by atoms with Crippen LogP contribution in [-0.2, 0) is 23.0 Å². The first-order chi connectivity index (χ1) is 15.9. The lowest BCUT2D eigenvalue weighted by atomic mass is 10.0. The average molecular weight is 496 g/mol. The summed E-state index contributed by atoms with van der Waals surface area (Å²) in [5.74, 6) is -0.324. The normalized spacial score (nSPS) is 14.2. The molecule has 0 fully saturated rings. The molecule has 4 aromatic rings. The predicted octanol–water partition coefficient (Wildman–Crippen LogP) is 5.02. The number of nitrogens with zero attached hydrogens (tertiary/aromatic N) is 2. The van der Waals surface area contributed by atoms with Crippen LogP contribution < -0.4 is 5.32 Å². The van der Waals surface area contributed by atoms with E-state index in [2.05, 4.69) is 10.3 Å². The quantitative estimate of drug-likeness (QED) is 0.394. The highest BCUT2D eigenvalue weighted by Gasteiger charge is 2.28. The number of anilines is 1. The Kier molecular flexibility index (Phi) is 5.96. The molecular weight excluding hydrogens is 474 g/mol. The van der Waals surface area contributed by atoms with Crippen LogP contribution in [-0.4, -0.2) is 36.4 Å². The van der Waals surface area contributed by atoms with Crippen LogP contribution in [0.4, 0.5) is 5.13 Å². The molecule has 33 heavy (non-hydrogen) atoms. The first-order valence-electron chi connectivity index (χ1n) is 10.4. The smallest absolute Gasteiger partial charge is 0.257 e. The minimum absolute atomic E-state index is 0.183. The third-order valence-electron chi connectivity index (χ3n) is 5.67. The fourth-order valence-corrected chi connectivity index (χ4v) is 6.69. The monoisotopic (exact) mass is 495 g/mol. The van der Waals surface area contributed by atoms with E-state index in [-0.39, 0.29) is 10.8 Å². The van der Waals surface area contributed by atoms with Crippen LogP contribution in [0.5, 0.6) is 0 Å². The lowest BCUT2D eigenvalue weighted by Gasteiger charge is -2.28. The highest BCUT2D eigenvalue weighted by Crippen LogP contribution is 2.30. The largest absolute Gasteiger partial charge is 0.298 e. The van der Waals surface area contributed by atoms with Gasteiger partial charge < -0.3 is 0 Å². The molecule has 1 aliphatic rings. The van der Waals surface area contributed by atoms with E-state index >= 15 is 0 Å². The van der Waals surface area contributed by atoms with Gasteiger partial charge in [-0.2, -0.15) is 4.31 Å². The number of fused-ring (bicyclic) bond motifs is 2. The molecule has 168 valence electrons. The Morgan fingerprint density at radius 1 is 1.06 bits per heavy atom. The molecule has 0 saturated heterocycles. The maximum atomic E-state index is 13.1. The molecule has 6 nitrogen and oxygen atoms in total.